The SMILES string of the molecule is CCn1c(Cn2ccc(C(F)(F)F)n2)cc(=O)c(C(=O)O)c1-c1ccc(Cl)c(Cl)c1. The number of nitrogens with zero attached hydrogens (tertiary/aromatic N) is 3. The molecule has 0 radical (unpaired) electrons. The number of rotatable bonds is 5. The van der Waals surface area contributed by atoms with Gasteiger partial charge in [-0.05, 0) is 25.1 Å². The van der Waals surface area contributed by atoms with Crippen molar-refractivity contribution < 1.29 is 23.1 Å². The van der Waals surface area contributed by atoms with Crippen LogP contribution >= 0.6 is 23.2 Å². The summed E-state index contributed by atoms with van der Waals surface area (Å²) < 4.78 is 41.0. The van der Waals surface area contributed by atoms with E-state index in [1.165, 1.54) is 22.8 Å². The zero-order valence-electron chi connectivity index (χ0n) is 15.4. The van der Waals surface area contributed by atoms with Crippen molar-refractivity contribution in [1.29, 1.82) is 0 Å². The Balaban J connectivity index is 2.21. The summed E-state index contributed by atoms with van der Waals surface area (Å²) in [5, 5.41) is 13.5. The molecule has 0 aliphatic heterocycles. The summed E-state index contributed by atoms with van der Waals surface area (Å²) >= 11 is 12.0. The van der Waals surface area contributed by atoms with E-state index in [-0.39, 0.29) is 34.5 Å². The Kier molecular flexibility index (Phi) is 5.96. The number of halogens is 5. The predicted octanol–water partition coefficient (Wildman–Crippen LogP) is 4.80. The summed E-state index contributed by atoms with van der Waals surface area (Å²) in [5.74, 6) is -1.44. The molecule has 0 unspecified atom stereocenters. The molecule has 30 heavy (non-hydrogen) atoms. The third kappa shape index (κ3) is 4.22. The van der Waals surface area contributed by atoms with E-state index in [0.29, 0.717) is 5.56 Å². The van der Waals surface area contributed by atoms with E-state index < -0.39 is 28.8 Å². The molecule has 0 spiro atoms. The summed E-state index contributed by atoms with van der Waals surface area (Å²) in [4.78, 5) is 24.4. The predicted molar refractivity (Wildman–Crippen MR) is 105 cm³/mol. The van der Waals surface area contributed by atoms with E-state index in [1.54, 1.807) is 6.92 Å². The minimum atomic E-state index is -4.60. The molecule has 0 bridgehead atoms. The van der Waals surface area contributed by atoms with Crippen LogP contribution in [0.2, 0.25) is 10.0 Å². The van der Waals surface area contributed by atoms with Crippen molar-refractivity contribution in [3.63, 3.8) is 0 Å². The van der Waals surface area contributed by atoms with E-state index in [9.17, 15) is 27.9 Å². The highest BCUT2D eigenvalue weighted by molar-refractivity contribution is 6.42. The first-order chi connectivity index (χ1) is 14.0. The molecule has 3 rings (SSSR count). The van der Waals surface area contributed by atoms with Gasteiger partial charge in [-0.25, -0.2) is 4.79 Å². The van der Waals surface area contributed by atoms with Gasteiger partial charge in [0.05, 0.1) is 22.3 Å². The van der Waals surface area contributed by atoms with Crippen molar-refractivity contribution >= 4 is 29.2 Å². The van der Waals surface area contributed by atoms with Crippen molar-refractivity contribution in [3.05, 3.63) is 73.7 Å². The van der Waals surface area contributed by atoms with Crippen molar-refractivity contribution in [1.82, 2.24) is 14.3 Å². The zero-order valence-corrected chi connectivity index (χ0v) is 16.9. The maximum atomic E-state index is 12.8. The molecule has 0 amide bonds. The second kappa shape index (κ2) is 8.16. The highest BCUT2D eigenvalue weighted by atomic mass is 35.5. The molecule has 0 aliphatic carbocycles. The van der Waals surface area contributed by atoms with Crippen LogP contribution in [0.3, 0.4) is 0 Å². The Morgan fingerprint density at radius 2 is 1.87 bits per heavy atom. The van der Waals surface area contributed by atoms with Crippen molar-refractivity contribution in [2.75, 3.05) is 0 Å². The van der Waals surface area contributed by atoms with Gasteiger partial charge >= 0.3 is 12.1 Å². The van der Waals surface area contributed by atoms with Crippen LogP contribution in [0.15, 0.2) is 41.3 Å². The van der Waals surface area contributed by atoms with Crippen LogP contribution in [0.1, 0.15) is 28.7 Å². The topological polar surface area (TPSA) is 77.1 Å². The lowest BCUT2D eigenvalue weighted by Gasteiger charge is -2.20. The van der Waals surface area contributed by atoms with Gasteiger partial charge in [0.15, 0.2) is 11.1 Å². The minimum Gasteiger partial charge on any atom is -0.477 e. The molecule has 0 saturated heterocycles. The summed E-state index contributed by atoms with van der Waals surface area (Å²) in [5.41, 5.74) is -1.64. The molecular formula is C19H14Cl2F3N3O3. The zero-order chi connectivity index (χ0) is 22.2. The van der Waals surface area contributed by atoms with Gasteiger partial charge in [0.2, 0.25) is 0 Å². The van der Waals surface area contributed by atoms with Crippen LogP contribution in [0.4, 0.5) is 13.2 Å². The van der Waals surface area contributed by atoms with Gasteiger partial charge in [0.25, 0.3) is 0 Å². The summed E-state index contributed by atoms with van der Waals surface area (Å²) in [6, 6.07) is 6.31. The largest absolute Gasteiger partial charge is 0.477 e. The molecule has 11 heteroatoms. The average molecular weight is 460 g/mol. The van der Waals surface area contributed by atoms with Gasteiger partial charge in [-0.2, -0.15) is 18.3 Å². The lowest BCUT2D eigenvalue weighted by molar-refractivity contribution is -0.141. The van der Waals surface area contributed by atoms with Crippen molar-refractivity contribution in [3.8, 4) is 11.3 Å². The van der Waals surface area contributed by atoms with Crippen molar-refractivity contribution in [2.45, 2.75) is 26.2 Å². The van der Waals surface area contributed by atoms with E-state index in [1.807, 2.05) is 0 Å². The van der Waals surface area contributed by atoms with E-state index >= 15 is 0 Å². The van der Waals surface area contributed by atoms with Gasteiger partial charge in [0, 0.05) is 30.1 Å². The first-order valence-electron chi connectivity index (χ1n) is 8.59. The van der Waals surface area contributed by atoms with E-state index in [4.69, 9.17) is 23.2 Å². The molecule has 2 heterocycles. The second-order valence-electron chi connectivity index (χ2n) is 6.30. The Hall–Kier alpha value is -2.78. The first-order valence-corrected chi connectivity index (χ1v) is 9.34. The number of hydrogen-bond acceptors (Lipinski definition) is 3. The number of carboxylic acids is 1. The monoisotopic (exact) mass is 459 g/mol. The highest BCUT2D eigenvalue weighted by Gasteiger charge is 2.33. The molecule has 0 atom stereocenters. The van der Waals surface area contributed by atoms with Gasteiger partial charge in [-0.3, -0.25) is 9.48 Å². The number of aromatic nitrogens is 3. The fourth-order valence-corrected chi connectivity index (χ4v) is 3.40. The molecule has 1 N–H and O–H groups in total. The average Bonchev–Trinajstić information content (AvgIpc) is 3.12. The smallest absolute Gasteiger partial charge is 0.435 e. The number of alkyl halides is 3. The minimum absolute atomic E-state index is 0.0780. The summed E-state index contributed by atoms with van der Waals surface area (Å²) in [7, 11) is 0. The van der Waals surface area contributed by atoms with Gasteiger partial charge in [-0.15, -0.1) is 0 Å². The maximum Gasteiger partial charge on any atom is 0.435 e. The molecule has 158 valence electrons. The Bertz CT molecular complexity index is 1190. The quantitative estimate of drug-likeness (QED) is 0.594. The number of carbonyl (C=O) groups is 1. The molecule has 6 nitrogen and oxygen atoms in total. The van der Waals surface area contributed by atoms with E-state index in [2.05, 4.69) is 5.10 Å². The van der Waals surface area contributed by atoms with Crippen molar-refractivity contribution in [2.24, 2.45) is 0 Å². The van der Waals surface area contributed by atoms with Crippen LogP contribution in [0, 0.1) is 0 Å². The Morgan fingerprint density at radius 1 is 1.17 bits per heavy atom. The standard InChI is InChI=1S/C19H14Cl2F3N3O3/c1-2-27-11(9-26-6-5-15(25-26)19(22,23)24)8-14(28)16(18(29)30)17(27)10-3-4-12(20)13(21)7-10/h3-8H,2,9H2,1H3,(H,29,30). The molecule has 1 aromatic carbocycles. The molecule has 0 saturated carbocycles. The number of aromatic carboxylic acids is 1. The highest BCUT2D eigenvalue weighted by Crippen LogP contribution is 2.31. The molecule has 3 aromatic rings. The third-order valence-electron chi connectivity index (χ3n) is 4.38. The van der Waals surface area contributed by atoms with Crippen LogP contribution in [-0.2, 0) is 19.3 Å². The number of pyridine rings is 1. The van der Waals surface area contributed by atoms with Crippen LogP contribution in [0.25, 0.3) is 11.3 Å². The first kappa shape index (κ1) is 21.9. The molecule has 0 aliphatic rings. The lowest BCUT2D eigenvalue weighted by atomic mass is 10.0. The fourth-order valence-electron chi connectivity index (χ4n) is 3.11. The van der Waals surface area contributed by atoms with Crippen LogP contribution < -0.4 is 5.43 Å². The number of benzene rings is 1. The molecule has 0 fully saturated rings. The fraction of sp³-hybridized carbons (Fsp3) is 0.211. The number of hydrogen-bond donors (Lipinski definition) is 1. The summed E-state index contributed by atoms with van der Waals surface area (Å²) in [6.45, 7) is 1.77. The maximum absolute atomic E-state index is 12.8. The summed E-state index contributed by atoms with van der Waals surface area (Å²) in [6.07, 6.45) is -3.47. The Morgan fingerprint density at radius 3 is 2.40 bits per heavy atom. The molecule has 2 aromatic heterocycles. The third-order valence-corrected chi connectivity index (χ3v) is 5.11. The normalized spacial score (nSPS) is 11.7. The van der Waals surface area contributed by atoms with E-state index in [0.717, 1.165) is 23.0 Å². The number of carboxylic acid groups (broad SMARTS) is 1. The van der Waals surface area contributed by atoms with Crippen LogP contribution in [-0.4, -0.2) is 25.4 Å². The molecular weight excluding hydrogens is 446 g/mol. The second-order valence-corrected chi connectivity index (χ2v) is 7.11. The van der Waals surface area contributed by atoms with Crippen LogP contribution in [0.5, 0.6) is 0 Å². The van der Waals surface area contributed by atoms with Gasteiger partial charge in [-0.1, -0.05) is 29.3 Å². The Labute approximate surface area is 178 Å². The van der Waals surface area contributed by atoms with Gasteiger partial charge in [0.1, 0.15) is 5.56 Å². The lowest BCUT2D eigenvalue weighted by Crippen LogP contribution is -2.24. The van der Waals surface area contributed by atoms with Gasteiger partial charge < -0.3 is 9.67 Å².